The summed E-state index contributed by atoms with van der Waals surface area (Å²) in [5.41, 5.74) is 0. The van der Waals surface area contributed by atoms with Crippen molar-refractivity contribution in [1.82, 2.24) is 10.2 Å². The van der Waals surface area contributed by atoms with Crippen LogP contribution in [0.4, 0.5) is 0 Å². The summed E-state index contributed by atoms with van der Waals surface area (Å²) in [5.74, 6) is 0.145. The lowest BCUT2D eigenvalue weighted by atomic mass is 9.92. The number of carbonyl (C=O) groups excluding carboxylic acids is 2. The van der Waals surface area contributed by atoms with Crippen LogP contribution in [-0.4, -0.2) is 48.6 Å². The van der Waals surface area contributed by atoms with Crippen LogP contribution in [0.5, 0.6) is 0 Å². The summed E-state index contributed by atoms with van der Waals surface area (Å²) in [6.45, 7) is 8.46. The molecule has 0 saturated carbocycles. The molecule has 0 aromatic rings. The van der Waals surface area contributed by atoms with Gasteiger partial charge >= 0.3 is 0 Å². The summed E-state index contributed by atoms with van der Waals surface area (Å²) in [5, 5.41) is 2.88. The molecule has 0 aromatic heterocycles. The predicted molar refractivity (Wildman–Crippen MR) is 78.3 cm³/mol. The number of hydrogen-bond acceptors (Lipinski definition) is 3. The van der Waals surface area contributed by atoms with Gasteiger partial charge in [-0.05, 0) is 19.3 Å². The maximum Gasteiger partial charge on any atom is 0.245 e. The number of nitrogens with one attached hydrogen (secondary N) is 1. The minimum Gasteiger partial charge on any atom is -0.380 e. The van der Waals surface area contributed by atoms with Crippen LogP contribution in [0.2, 0.25) is 0 Å². The molecule has 0 aromatic carbocycles. The van der Waals surface area contributed by atoms with Gasteiger partial charge in [0.25, 0.3) is 0 Å². The van der Waals surface area contributed by atoms with Gasteiger partial charge in [-0.3, -0.25) is 9.59 Å². The second kappa shape index (κ2) is 7.62. The molecule has 0 radical (unpaired) electrons. The van der Waals surface area contributed by atoms with Crippen LogP contribution >= 0.6 is 0 Å². The van der Waals surface area contributed by atoms with E-state index < -0.39 is 0 Å². The number of nitrogens with zero attached hydrogens (tertiary/aromatic N) is 1. The van der Waals surface area contributed by atoms with Gasteiger partial charge in [0.2, 0.25) is 11.8 Å². The monoisotopic (exact) mass is 284 g/mol. The van der Waals surface area contributed by atoms with Crippen molar-refractivity contribution in [1.29, 1.82) is 0 Å². The van der Waals surface area contributed by atoms with Crippen LogP contribution in [-0.2, 0) is 14.3 Å². The molecule has 5 heteroatoms. The third kappa shape index (κ3) is 3.72. The highest BCUT2D eigenvalue weighted by Crippen LogP contribution is 2.22. The van der Waals surface area contributed by atoms with Crippen molar-refractivity contribution in [3.63, 3.8) is 0 Å². The zero-order valence-electron chi connectivity index (χ0n) is 13.3. The fourth-order valence-electron chi connectivity index (χ4n) is 2.63. The Morgan fingerprint density at radius 1 is 1.30 bits per heavy atom. The normalized spacial score (nSPS) is 26.4. The molecule has 116 valence electrons. The summed E-state index contributed by atoms with van der Waals surface area (Å²) in [6.07, 6.45) is 2.36. The van der Waals surface area contributed by atoms with Crippen LogP contribution in [0, 0.1) is 5.92 Å². The van der Waals surface area contributed by atoms with Crippen molar-refractivity contribution < 1.29 is 14.3 Å². The molecule has 0 spiro atoms. The Morgan fingerprint density at radius 3 is 2.45 bits per heavy atom. The van der Waals surface area contributed by atoms with Gasteiger partial charge < -0.3 is 15.0 Å². The van der Waals surface area contributed by atoms with Crippen molar-refractivity contribution in [3.8, 4) is 0 Å². The maximum absolute atomic E-state index is 12.6. The van der Waals surface area contributed by atoms with Crippen molar-refractivity contribution in [3.05, 3.63) is 0 Å². The Hall–Kier alpha value is -1.10. The quantitative estimate of drug-likeness (QED) is 0.772. The van der Waals surface area contributed by atoms with Gasteiger partial charge in [0.05, 0.1) is 6.10 Å². The fourth-order valence-corrected chi connectivity index (χ4v) is 2.63. The zero-order valence-corrected chi connectivity index (χ0v) is 13.3. The van der Waals surface area contributed by atoms with E-state index in [0.717, 1.165) is 12.8 Å². The largest absolute Gasteiger partial charge is 0.380 e. The minimum absolute atomic E-state index is 0.0271. The van der Waals surface area contributed by atoms with E-state index in [-0.39, 0.29) is 35.9 Å². The lowest BCUT2D eigenvalue weighted by molar-refractivity contribution is -0.153. The van der Waals surface area contributed by atoms with Gasteiger partial charge in [-0.15, -0.1) is 0 Å². The number of hydrogen-bond donors (Lipinski definition) is 1. The number of piperazine rings is 1. The minimum atomic E-state index is -0.378. The standard InChI is InChI=1S/C15H28N2O3/c1-6-8-12-15(19)17(9-11(4)20-5)13(10(3)7-2)14(18)16-12/h10-13H,6-9H2,1-5H3,(H,16,18). The molecule has 2 amide bonds. The molecular formula is C15H28N2O3. The van der Waals surface area contributed by atoms with Crippen LogP contribution in [0.3, 0.4) is 0 Å². The van der Waals surface area contributed by atoms with E-state index in [9.17, 15) is 9.59 Å². The Bertz CT molecular complexity index is 346. The Labute approximate surface area is 122 Å². The Morgan fingerprint density at radius 2 is 1.95 bits per heavy atom. The molecular weight excluding hydrogens is 256 g/mol. The summed E-state index contributed by atoms with van der Waals surface area (Å²) in [7, 11) is 1.63. The molecule has 4 unspecified atom stereocenters. The van der Waals surface area contributed by atoms with E-state index in [4.69, 9.17) is 4.74 Å². The second-order valence-corrected chi connectivity index (χ2v) is 5.72. The number of ether oxygens (including phenoxy) is 1. The summed E-state index contributed by atoms with van der Waals surface area (Å²) < 4.78 is 5.27. The first kappa shape index (κ1) is 17.0. The van der Waals surface area contributed by atoms with E-state index in [1.165, 1.54) is 0 Å². The lowest BCUT2D eigenvalue weighted by Gasteiger charge is -2.42. The van der Waals surface area contributed by atoms with E-state index in [0.29, 0.717) is 13.0 Å². The van der Waals surface area contributed by atoms with Crippen molar-refractivity contribution >= 4 is 11.8 Å². The zero-order chi connectivity index (χ0) is 15.3. The lowest BCUT2D eigenvalue weighted by Crippen LogP contribution is -2.65. The van der Waals surface area contributed by atoms with Crippen molar-refractivity contribution in [2.75, 3.05) is 13.7 Å². The number of amides is 2. The smallest absolute Gasteiger partial charge is 0.245 e. The van der Waals surface area contributed by atoms with Crippen molar-refractivity contribution in [2.45, 2.75) is 65.1 Å². The molecule has 1 heterocycles. The number of carbonyl (C=O) groups is 2. The molecule has 1 aliphatic rings. The molecule has 4 atom stereocenters. The molecule has 1 saturated heterocycles. The summed E-state index contributed by atoms with van der Waals surface area (Å²) >= 11 is 0. The van der Waals surface area contributed by atoms with Crippen molar-refractivity contribution in [2.24, 2.45) is 5.92 Å². The van der Waals surface area contributed by atoms with E-state index >= 15 is 0 Å². The average Bonchev–Trinajstić information content (AvgIpc) is 2.43. The van der Waals surface area contributed by atoms with Gasteiger partial charge in [-0.1, -0.05) is 33.6 Å². The maximum atomic E-state index is 12.6. The number of rotatable bonds is 7. The first-order chi connectivity index (χ1) is 9.46. The topological polar surface area (TPSA) is 58.6 Å². The van der Waals surface area contributed by atoms with Crippen LogP contribution in [0.1, 0.15) is 47.0 Å². The first-order valence-corrected chi connectivity index (χ1v) is 7.59. The number of methoxy groups -OCH3 is 1. The van der Waals surface area contributed by atoms with Gasteiger partial charge in [0.15, 0.2) is 0 Å². The average molecular weight is 284 g/mol. The van der Waals surface area contributed by atoms with Gasteiger partial charge in [-0.2, -0.15) is 0 Å². The molecule has 20 heavy (non-hydrogen) atoms. The third-order valence-corrected chi connectivity index (χ3v) is 4.12. The van der Waals surface area contributed by atoms with Gasteiger partial charge in [0, 0.05) is 13.7 Å². The fraction of sp³-hybridized carbons (Fsp3) is 0.867. The highest BCUT2D eigenvalue weighted by Gasteiger charge is 2.42. The Balaban J connectivity index is 2.96. The molecule has 0 aliphatic carbocycles. The first-order valence-electron chi connectivity index (χ1n) is 7.59. The predicted octanol–water partition coefficient (Wildman–Crippen LogP) is 1.56. The van der Waals surface area contributed by atoms with E-state index in [2.05, 4.69) is 5.32 Å². The van der Waals surface area contributed by atoms with E-state index in [1.54, 1.807) is 12.0 Å². The van der Waals surface area contributed by atoms with Crippen LogP contribution < -0.4 is 5.32 Å². The SMILES string of the molecule is CCCC1NC(=O)C(C(C)CC)N(CC(C)OC)C1=O. The van der Waals surface area contributed by atoms with E-state index in [1.807, 2.05) is 27.7 Å². The summed E-state index contributed by atoms with van der Waals surface area (Å²) in [4.78, 5) is 26.7. The van der Waals surface area contributed by atoms with Crippen LogP contribution in [0.15, 0.2) is 0 Å². The summed E-state index contributed by atoms with van der Waals surface area (Å²) in [6, 6.07) is -0.755. The van der Waals surface area contributed by atoms with Gasteiger partial charge in [0.1, 0.15) is 12.1 Å². The molecule has 5 nitrogen and oxygen atoms in total. The second-order valence-electron chi connectivity index (χ2n) is 5.72. The highest BCUT2D eigenvalue weighted by atomic mass is 16.5. The molecule has 1 rings (SSSR count). The molecule has 1 fully saturated rings. The van der Waals surface area contributed by atoms with Gasteiger partial charge in [-0.25, -0.2) is 0 Å². The Kier molecular flexibility index (Phi) is 6.46. The highest BCUT2D eigenvalue weighted by molar-refractivity contribution is 5.97. The van der Waals surface area contributed by atoms with Crippen LogP contribution in [0.25, 0.3) is 0 Å². The molecule has 1 N–H and O–H groups in total. The molecule has 0 bridgehead atoms. The molecule has 1 aliphatic heterocycles. The third-order valence-electron chi connectivity index (χ3n) is 4.12.